The van der Waals surface area contributed by atoms with Gasteiger partial charge in [-0.2, -0.15) is 0 Å². The van der Waals surface area contributed by atoms with Crippen molar-refractivity contribution in [1.82, 2.24) is 4.98 Å². The van der Waals surface area contributed by atoms with E-state index in [1.807, 2.05) is 23.6 Å². The molecular formula is C14H18N2O2S. The Morgan fingerprint density at radius 1 is 1.37 bits per heavy atom. The summed E-state index contributed by atoms with van der Waals surface area (Å²) in [5, 5.41) is 3.16. The van der Waals surface area contributed by atoms with E-state index in [1.54, 1.807) is 18.4 Å². The van der Waals surface area contributed by atoms with E-state index in [-0.39, 0.29) is 0 Å². The number of thiazole rings is 1. The lowest BCUT2D eigenvalue weighted by Gasteiger charge is -2.10. The average Bonchev–Trinajstić information content (AvgIpc) is 2.92. The molecule has 0 amide bonds. The zero-order chi connectivity index (χ0) is 13.7. The fraction of sp³-hybridized carbons (Fsp3) is 0.357. The summed E-state index contributed by atoms with van der Waals surface area (Å²) in [6.07, 6.45) is 0.960. The maximum absolute atomic E-state index is 5.78. The molecule has 0 unspecified atom stereocenters. The minimum absolute atomic E-state index is 0.420. The van der Waals surface area contributed by atoms with Crippen LogP contribution in [-0.2, 0) is 19.6 Å². The van der Waals surface area contributed by atoms with Crippen LogP contribution < -0.4 is 15.2 Å². The van der Waals surface area contributed by atoms with Crippen LogP contribution in [0.1, 0.15) is 23.2 Å². The van der Waals surface area contributed by atoms with Crippen LogP contribution in [0.15, 0.2) is 23.6 Å². The molecule has 0 aliphatic rings. The van der Waals surface area contributed by atoms with Crippen molar-refractivity contribution >= 4 is 11.3 Å². The number of benzene rings is 1. The molecule has 2 aromatic rings. The molecule has 0 radical (unpaired) electrons. The fourth-order valence-corrected chi connectivity index (χ4v) is 2.44. The summed E-state index contributed by atoms with van der Waals surface area (Å²) in [6, 6.07) is 5.65. The quantitative estimate of drug-likeness (QED) is 0.882. The van der Waals surface area contributed by atoms with Gasteiger partial charge < -0.3 is 15.2 Å². The number of hydrogen-bond acceptors (Lipinski definition) is 5. The number of nitrogens with two attached hydrogens (primary N) is 1. The van der Waals surface area contributed by atoms with Gasteiger partial charge in [0, 0.05) is 17.5 Å². The Kier molecular flexibility index (Phi) is 4.76. The molecule has 0 saturated heterocycles. The Morgan fingerprint density at radius 2 is 2.21 bits per heavy atom. The molecule has 2 rings (SSSR count). The molecule has 5 heteroatoms. The molecule has 0 saturated carbocycles. The minimum atomic E-state index is 0.420. The minimum Gasteiger partial charge on any atom is -0.497 e. The van der Waals surface area contributed by atoms with Gasteiger partial charge in [0.25, 0.3) is 0 Å². The lowest BCUT2D eigenvalue weighted by Crippen LogP contribution is -2.03. The maximum atomic E-state index is 5.78. The Morgan fingerprint density at radius 3 is 2.84 bits per heavy atom. The van der Waals surface area contributed by atoms with E-state index in [0.717, 1.165) is 34.2 Å². The molecule has 2 N–H and O–H groups in total. The third-order valence-corrected chi connectivity index (χ3v) is 3.81. The Balaban J connectivity index is 2.06. The van der Waals surface area contributed by atoms with Gasteiger partial charge in [-0.25, -0.2) is 4.98 Å². The summed E-state index contributed by atoms with van der Waals surface area (Å²) < 4.78 is 11.0. The van der Waals surface area contributed by atoms with Crippen LogP contribution in [-0.4, -0.2) is 12.1 Å². The first-order chi connectivity index (χ1) is 9.26. The molecule has 0 atom stereocenters. The number of ether oxygens (including phenoxy) is 2. The molecule has 0 aliphatic heterocycles. The highest BCUT2D eigenvalue weighted by molar-refractivity contribution is 7.09. The molecule has 0 spiro atoms. The monoisotopic (exact) mass is 278 g/mol. The van der Waals surface area contributed by atoms with Gasteiger partial charge >= 0.3 is 0 Å². The SMILES string of the molecule is CCc1nc(COc2ccc(OC)cc2CN)cs1. The van der Waals surface area contributed by atoms with Gasteiger partial charge in [-0.3, -0.25) is 0 Å². The lowest BCUT2D eigenvalue weighted by atomic mass is 10.2. The largest absolute Gasteiger partial charge is 0.497 e. The van der Waals surface area contributed by atoms with E-state index in [9.17, 15) is 0 Å². The van der Waals surface area contributed by atoms with E-state index < -0.39 is 0 Å². The first kappa shape index (κ1) is 13.8. The normalized spacial score (nSPS) is 10.5. The van der Waals surface area contributed by atoms with Gasteiger partial charge in [-0.15, -0.1) is 11.3 Å². The molecule has 0 fully saturated rings. The van der Waals surface area contributed by atoms with Gasteiger partial charge in [0.2, 0.25) is 0 Å². The molecule has 102 valence electrons. The zero-order valence-electron chi connectivity index (χ0n) is 11.2. The average molecular weight is 278 g/mol. The van der Waals surface area contributed by atoms with Crippen LogP contribution >= 0.6 is 11.3 Å². The topological polar surface area (TPSA) is 57.4 Å². The third kappa shape index (κ3) is 3.45. The first-order valence-corrected chi connectivity index (χ1v) is 7.07. The summed E-state index contributed by atoms with van der Waals surface area (Å²) in [6.45, 7) is 2.99. The molecule has 19 heavy (non-hydrogen) atoms. The van der Waals surface area contributed by atoms with Crippen molar-refractivity contribution in [3.8, 4) is 11.5 Å². The van der Waals surface area contributed by atoms with Crippen LogP contribution in [0, 0.1) is 0 Å². The maximum Gasteiger partial charge on any atom is 0.131 e. The molecule has 0 bridgehead atoms. The number of nitrogens with zero attached hydrogens (tertiary/aromatic N) is 1. The summed E-state index contributed by atoms with van der Waals surface area (Å²) in [5.74, 6) is 1.57. The summed E-state index contributed by atoms with van der Waals surface area (Å²) in [7, 11) is 1.64. The number of aryl methyl sites for hydroxylation is 1. The molecule has 1 aromatic carbocycles. The van der Waals surface area contributed by atoms with Crippen LogP contribution in [0.25, 0.3) is 0 Å². The van der Waals surface area contributed by atoms with E-state index in [1.165, 1.54) is 0 Å². The zero-order valence-corrected chi connectivity index (χ0v) is 12.0. The highest BCUT2D eigenvalue weighted by atomic mass is 32.1. The van der Waals surface area contributed by atoms with Crippen molar-refractivity contribution in [2.75, 3.05) is 7.11 Å². The van der Waals surface area contributed by atoms with Crippen molar-refractivity contribution < 1.29 is 9.47 Å². The van der Waals surface area contributed by atoms with Gasteiger partial charge in [-0.05, 0) is 24.6 Å². The Bertz CT molecular complexity index is 540. The van der Waals surface area contributed by atoms with Gasteiger partial charge in [0.15, 0.2) is 0 Å². The number of hydrogen-bond donors (Lipinski definition) is 1. The second-order valence-electron chi connectivity index (χ2n) is 4.05. The smallest absolute Gasteiger partial charge is 0.131 e. The predicted octanol–water partition coefficient (Wildman–Crippen LogP) is 2.75. The van der Waals surface area contributed by atoms with Gasteiger partial charge in [0.05, 0.1) is 17.8 Å². The summed E-state index contributed by atoms with van der Waals surface area (Å²) >= 11 is 1.66. The third-order valence-electron chi connectivity index (χ3n) is 2.76. The Hall–Kier alpha value is -1.59. The summed E-state index contributed by atoms with van der Waals surface area (Å²) in [5.41, 5.74) is 7.61. The Labute approximate surface area is 117 Å². The number of aromatic nitrogens is 1. The van der Waals surface area contributed by atoms with E-state index in [2.05, 4.69) is 11.9 Å². The molecule has 4 nitrogen and oxygen atoms in total. The van der Waals surface area contributed by atoms with E-state index in [0.29, 0.717) is 13.2 Å². The van der Waals surface area contributed by atoms with Crippen LogP contribution in [0.4, 0.5) is 0 Å². The van der Waals surface area contributed by atoms with Gasteiger partial charge in [-0.1, -0.05) is 6.92 Å². The predicted molar refractivity (Wildman–Crippen MR) is 76.7 cm³/mol. The van der Waals surface area contributed by atoms with Crippen LogP contribution in [0.3, 0.4) is 0 Å². The first-order valence-electron chi connectivity index (χ1n) is 6.19. The van der Waals surface area contributed by atoms with Crippen molar-refractivity contribution in [3.05, 3.63) is 39.8 Å². The second-order valence-corrected chi connectivity index (χ2v) is 5.00. The highest BCUT2D eigenvalue weighted by Gasteiger charge is 2.06. The number of methoxy groups -OCH3 is 1. The highest BCUT2D eigenvalue weighted by Crippen LogP contribution is 2.24. The van der Waals surface area contributed by atoms with Crippen molar-refractivity contribution in [2.24, 2.45) is 5.73 Å². The van der Waals surface area contributed by atoms with Crippen LogP contribution in [0.5, 0.6) is 11.5 Å². The summed E-state index contributed by atoms with van der Waals surface area (Å²) in [4.78, 5) is 4.47. The lowest BCUT2D eigenvalue weighted by molar-refractivity contribution is 0.298. The van der Waals surface area contributed by atoms with E-state index in [4.69, 9.17) is 15.2 Å². The molecule has 1 heterocycles. The van der Waals surface area contributed by atoms with Crippen LogP contribution in [0.2, 0.25) is 0 Å². The van der Waals surface area contributed by atoms with Crippen molar-refractivity contribution in [3.63, 3.8) is 0 Å². The molecule has 1 aromatic heterocycles. The van der Waals surface area contributed by atoms with Crippen molar-refractivity contribution in [2.45, 2.75) is 26.5 Å². The fourth-order valence-electron chi connectivity index (χ4n) is 1.71. The number of rotatable bonds is 6. The van der Waals surface area contributed by atoms with Gasteiger partial charge in [0.1, 0.15) is 18.1 Å². The second kappa shape index (κ2) is 6.54. The molecule has 0 aliphatic carbocycles. The standard InChI is InChI=1S/C14H18N2O2S/c1-3-14-16-11(9-19-14)8-18-13-5-4-12(17-2)6-10(13)7-15/h4-6,9H,3,7-8,15H2,1-2H3. The molecular weight excluding hydrogens is 260 g/mol. The van der Waals surface area contributed by atoms with Crippen molar-refractivity contribution in [1.29, 1.82) is 0 Å². The van der Waals surface area contributed by atoms with E-state index >= 15 is 0 Å².